The van der Waals surface area contributed by atoms with Gasteiger partial charge in [-0.3, -0.25) is 4.57 Å². The van der Waals surface area contributed by atoms with Crippen LogP contribution in [-0.4, -0.2) is 34.1 Å². The van der Waals surface area contributed by atoms with Gasteiger partial charge in [0.2, 0.25) is 0 Å². The van der Waals surface area contributed by atoms with Gasteiger partial charge < -0.3 is 14.0 Å². The van der Waals surface area contributed by atoms with Crippen LogP contribution in [0.1, 0.15) is 25.1 Å². The van der Waals surface area contributed by atoms with Gasteiger partial charge >= 0.3 is 0 Å². The summed E-state index contributed by atoms with van der Waals surface area (Å²) in [5.41, 5.74) is 3.73. The van der Waals surface area contributed by atoms with Crippen molar-refractivity contribution < 1.29 is 13.9 Å². The Morgan fingerprint density at radius 2 is 1.68 bits per heavy atom. The van der Waals surface area contributed by atoms with Crippen LogP contribution >= 0.6 is 11.8 Å². The molecule has 0 unspecified atom stereocenters. The standard InChI is InChI=1S/C30H30FN3O2S/c1-30(2,22-9-14-26(35-3)27(19-22)36-4)28-20-32-29(34(28)24-12-10-23(31)11-13-24)37-18-17-33-16-15-21-7-5-6-8-25(21)33/h5-16,19-20H,17-18H2,1-4H3. The fourth-order valence-corrected chi connectivity index (χ4v) is 5.59. The molecule has 0 saturated carbocycles. The van der Waals surface area contributed by atoms with E-state index in [0.717, 1.165) is 34.4 Å². The minimum atomic E-state index is -0.420. The van der Waals surface area contributed by atoms with Crippen LogP contribution in [0.2, 0.25) is 0 Å². The second kappa shape index (κ2) is 10.3. The lowest BCUT2D eigenvalue weighted by molar-refractivity contribution is 0.353. The number of methoxy groups -OCH3 is 2. The molecule has 0 atom stereocenters. The molecule has 190 valence electrons. The maximum absolute atomic E-state index is 13.8. The van der Waals surface area contributed by atoms with Gasteiger partial charge in [-0.05, 0) is 59.5 Å². The average molecular weight is 516 g/mol. The van der Waals surface area contributed by atoms with Crippen molar-refractivity contribution in [3.8, 4) is 17.2 Å². The van der Waals surface area contributed by atoms with Gasteiger partial charge in [0, 0.05) is 35.1 Å². The molecule has 0 radical (unpaired) electrons. The highest BCUT2D eigenvalue weighted by molar-refractivity contribution is 7.99. The largest absolute Gasteiger partial charge is 0.493 e. The molecule has 37 heavy (non-hydrogen) atoms. The van der Waals surface area contributed by atoms with Crippen LogP contribution in [0.4, 0.5) is 4.39 Å². The Morgan fingerprint density at radius 1 is 0.919 bits per heavy atom. The molecule has 7 heteroatoms. The summed E-state index contributed by atoms with van der Waals surface area (Å²) in [6, 6.07) is 23.1. The summed E-state index contributed by atoms with van der Waals surface area (Å²) in [4.78, 5) is 4.83. The van der Waals surface area contributed by atoms with Crippen molar-refractivity contribution in [2.75, 3.05) is 20.0 Å². The van der Waals surface area contributed by atoms with Crippen molar-refractivity contribution in [2.45, 2.75) is 31.0 Å². The van der Waals surface area contributed by atoms with E-state index in [1.54, 1.807) is 38.1 Å². The van der Waals surface area contributed by atoms with Crippen molar-refractivity contribution in [1.82, 2.24) is 14.1 Å². The zero-order valence-corrected chi connectivity index (χ0v) is 22.3. The van der Waals surface area contributed by atoms with Crippen molar-refractivity contribution in [1.29, 1.82) is 0 Å². The smallest absolute Gasteiger partial charge is 0.172 e. The van der Waals surface area contributed by atoms with Crippen molar-refractivity contribution in [3.63, 3.8) is 0 Å². The Hall–Kier alpha value is -3.71. The molecule has 5 aromatic rings. The zero-order valence-electron chi connectivity index (χ0n) is 21.4. The number of halogens is 1. The number of thioether (sulfide) groups is 1. The predicted molar refractivity (Wildman–Crippen MR) is 148 cm³/mol. The average Bonchev–Trinajstić information content (AvgIpc) is 3.54. The number of rotatable bonds is 9. The quantitative estimate of drug-likeness (QED) is 0.196. The molecule has 0 aliphatic heterocycles. The molecule has 3 aromatic carbocycles. The Kier molecular flexibility index (Phi) is 6.98. The SMILES string of the molecule is COc1ccc(C(C)(C)c2cnc(SCCn3ccc4ccccc43)n2-c2ccc(F)cc2)cc1OC. The van der Waals surface area contributed by atoms with Crippen LogP contribution in [0.15, 0.2) is 90.3 Å². The summed E-state index contributed by atoms with van der Waals surface area (Å²) in [5, 5.41) is 2.10. The van der Waals surface area contributed by atoms with Gasteiger partial charge in [0.25, 0.3) is 0 Å². The summed E-state index contributed by atoms with van der Waals surface area (Å²) in [5.74, 6) is 1.93. The number of aryl methyl sites for hydroxylation is 1. The van der Waals surface area contributed by atoms with E-state index in [1.165, 1.54) is 23.0 Å². The predicted octanol–water partition coefficient (Wildman–Crippen LogP) is 7.10. The van der Waals surface area contributed by atoms with Gasteiger partial charge in [0.15, 0.2) is 16.7 Å². The molecular weight excluding hydrogens is 485 g/mol. The van der Waals surface area contributed by atoms with E-state index in [1.807, 2.05) is 24.4 Å². The van der Waals surface area contributed by atoms with Crippen molar-refractivity contribution >= 4 is 22.7 Å². The third-order valence-electron chi connectivity index (χ3n) is 6.80. The molecule has 2 heterocycles. The molecule has 0 amide bonds. The van der Waals surface area contributed by atoms with Gasteiger partial charge in [-0.2, -0.15) is 0 Å². The van der Waals surface area contributed by atoms with Crippen LogP contribution in [0, 0.1) is 5.82 Å². The zero-order chi connectivity index (χ0) is 26.0. The fraction of sp³-hybridized carbons (Fsp3) is 0.233. The van der Waals surface area contributed by atoms with Crippen molar-refractivity contribution in [3.05, 3.63) is 102 Å². The van der Waals surface area contributed by atoms with E-state index in [0.29, 0.717) is 11.5 Å². The number of ether oxygens (including phenoxy) is 2. The van der Waals surface area contributed by atoms with Gasteiger partial charge in [-0.1, -0.05) is 49.9 Å². The van der Waals surface area contributed by atoms with E-state index in [9.17, 15) is 4.39 Å². The first-order chi connectivity index (χ1) is 17.9. The number of aromatic nitrogens is 3. The number of para-hydroxylation sites is 1. The molecule has 0 spiro atoms. The Morgan fingerprint density at radius 3 is 2.43 bits per heavy atom. The highest BCUT2D eigenvalue weighted by Gasteiger charge is 2.30. The summed E-state index contributed by atoms with van der Waals surface area (Å²) >= 11 is 1.69. The molecule has 5 nitrogen and oxygen atoms in total. The lowest BCUT2D eigenvalue weighted by atomic mass is 9.81. The molecule has 0 aliphatic carbocycles. The van der Waals surface area contributed by atoms with Crippen molar-refractivity contribution in [2.24, 2.45) is 0 Å². The number of hydrogen-bond acceptors (Lipinski definition) is 4. The summed E-state index contributed by atoms with van der Waals surface area (Å²) in [6.45, 7) is 5.17. The fourth-order valence-electron chi connectivity index (χ4n) is 4.66. The highest BCUT2D eigenvalue weighted by atomic mass is 32.2. The topological polar surface area (TPSA) is 41.2 Å². The Bertz CT molecular complexity index is 1520. The number of fused-ring (bicyclic) bond motifs is 1. The van der Waals surface area contributed by atoms with E-state index in [2.05, 4.69) is 59.5 Å². The van der Waals surface area contributed by atoms with Crippen LogP contribution in [0.25, 0.3) is 16.6 Å². The molecule has 5 rings (SSSR count). The highest BCUT2D eigenvalue weighted by Crippen LogP contribution is 2.39. The van der Waals surface area contributed by atoms with E-state index < -0.39 is 5.41 Å². The first-order valence-electron chi connectivity index (χ1n) is 12.2. The number of benzene rings is 3. The van der Waals surface area contributed by atoms with E-state index in [4.69, 9.17) is 14.5 Å². The van der Waals surface area contributed by atoms with Gasteiger partial charge in [-0.25, -0.2) is 9.37 Å². The summed E-state index contributed by atoms with van der Waals surface area (Å²) < 4.78 is 29.2. The molecule has 2 aromatic heterocycles. The second-order valence-electron chi connectivity index (χ2n) is 9.35. The van der Waals surface area contributed by atoms with Gasteiger partial charge in [-0.15, -0.1) is 0 Å². The Labute approximate surface area is 220 Å². The van der Waals surface area contributed by atoms with Crippen LogP contribution < -0.4 is 9.47 Å². The van der Waals surface area contributed by atoms with Crippen LogP contribution in [0.3, 0.4) is 0 Å². The first kappa shape index (κ1) is 25.0. The second-order valence-corrected chi connectivity index (χ2v) is 10.4. The molecule has 0 fully saturated rings. The lowest BCUT2D eigenvalue weighted by Gasteiger charge is -2.28. The minimum absolute atomic E-state index is 0.266. The molecule has 0 aliphatic rings. The maximum Gasteiger partial charge on any atom is 0.172 e. The van der Waals surface area contributed by atoms with Crippen LogP contribution in [0.5, 0.6) is 11.5 Å². The van der Waals surface area contributed by atoms with Gasteiger partial charge in [0.1, 0.15) is 5.82 Å². The number of imidazole rings is 1. The van der Waals surface area contributed by atoms with Gasteiger partial charge in [0.05, 0.1) is 26.1 Å². The maximum atomic E-state index is 13.8. The normalized spacial score (nSPS) is 11.7. The monoisotopic (exact) mass is 515 g/mol. The third-order valence-corrected chi connectivity index (χ3v) is 7.74. The molecule has 0 N–H and O–H groups in total. The summed E-state index contributed by atoms with van der Waals surface area (Å²) in [6.07, 6.45) is 4.05. The summed E-state index contributed by atoms with van der Waals surface area (Å²) in [7, 11) is 3.27. The van der Waals surface area contributed by atoms with E-state index >= 15 is 0 Å². The lowest BCUT2D eigenvalue weighted by Crippen LogP contribution is -2.23. The Balaban J connectivity index is 1.49. The molecule has 0 bridgehead atoms. The van der Waals surface area contributed by atoms with Crippen LogP contribution in [-0.2, 0) is 12.0 Å². The number of hydrogen-bond donors (Lipinski definition) is 0. The molecular formula is C30H30FN3O2S. The third kappa shape index (κ3) is 4.83. The van der Waals surface area contributed by atoms with E-state index in [-0.39, 0.29) is 5.82 Å². The minimum Gasteiger partial charge on any atom is -0.493 e. The number of nitrogens with zero attached hydrogens (tertiary/aromatic N) is 3. The molecule has 0 saturated heterocycles. The first-order valence-corrected chi connectivity index (χ1v) is 13.1.